The predicted molar refractivity (Wildman–Crippen MR) is 506 cm³/mol. The molecule has 0 aromatic heterocycles. The fourth-order valence-electron chi connectivity index (χ4n) is 26.3. The molecule has 696 valence electrons. The van der Waals surface area contributed by atoms with E-state index < -0.39 is 0 Å². The first-order valence-electron chi connectivity index (χ1n) is 51.6. The molecule has 3 aromatic rings. The topological polar surface area (TPSA) is 177 Å². The Kier molecular flexibility index (Phi) is 34.9. The third kappa shape index (κ3) is 24.5. The molecule has 0 bridgehead atoms. The van der Waals surface area contributed by atoms with Crippen molar-refractivity contribution in [3.8, 4) is 0 Å². The summed E-state index contributed by atoms with van der Waals surface area (Å²) in [5.41, 5.74) is 7.32. The molecule has 10 aliphatic heterocycles. The highest BCUT2D eigenvalue weighted by molar-refractivity contribution is 5.89. The van der Waals surface area contributed by atoms with Gasteiger partial charge in [0, 0.05) is 140 Å². The quantitative estimate of drug-likeness (QED) is 0.0917. The molecule has 6 amide bonds. The van der Waals surface area contributed by atoms with Gasteiger partial charge in [0.2, 0.25) is 35.4 Å². The molecule has 4 unspecified atom stereocenters. The minimum atomic E-state index is -0.136. The molecule has 10 heterocycles. The van der Waals surface area contributed by atoms with Crippen molar-refractivity contribution in [1.82, 2.24) is 74.7 Å². The summed E-state index contributed by atoms with van der Waals surface area (Å²) in [6.45, 7) is 24.7. The number of aryl methyl sites for hydroxylation is 1. The van der Waals surface area contributed by atoms with Crippen molar-refractivity contribution in [2.45, 2.75) is 354 Å². The van der Waals surface area contributed by atoms with E-state index in [4.69, 9.17) is 0 Å². The van der Waals surface area contributed by atoms with Crippen LogP contribution < -0.4 is 16.0 Å². The Hall–Kier alpha value is -6.30. The van der Waals surface area contributed by atoms with Gasteiger partial charge in [-0.3, -0.25) is 63.1 Å². The number of likely N-dealkylation sites (N-methyl/N-ethyl adjacent to an activating group) is 2. The number of hydrogen-bond donors (Lipinski definition) is 3. The molecule has 6 aliphatic carbocycles. The van der Waals surface area contributed by atoms with Crippen molar-refractivity contribution in [2.75, 3.05) is 139 Å². The normalized spacial score (nSPS) is 31.2. The minimum absolute atomic E-state index is 0.0522. The highest BCUT2D eigenvalue weighted by Crippen LogP contribution is 2.47. The van der Waals surface area contributed by atoms with Gasteiger partial charge in [0.25, 0.3) is 0 Å². The van der Waals surface area contributed by atoms with Crippen LogP contribution in [0.3, 0.4) is 0 Å². The number of carbonyl (C=O) groups excluding carboxylic acids is 6. The summed E-state index contributed by atoms with van der Waals surface area (Å²) in [7, 11) is 7.87. The lowest BCUT2D eigenvalue weighted by Crippen LogP contribution is -2.56. The van der Waals surface area contributed by atoms with Crippen LogP contribution in [0.25, 0.3) is 0 Å². The zero-order valence-corrected chi connectivity index (χ0v) is 78.6. The number of nitrogens with zero attached hydrogens (tertiary/aromatic N) is 12. The summed E-state index contributed by atoms with van der Waals surface area (Å²) < 4.78 is 0. The Labute approximate surface area is 759 Å². The van der Waals surface area contributed by atoms with Crippen LogP contribution in [0.5, 0.6) is 0 Å². The number of rotatable bonds is 21. The monoisotopic (exact) mass is 1730 g/mol. The highest BCUT2D eigenvalue weighted by atomic mass is 16.2. The molecule has 3 aromatic carbocycles. The number of piperidine rings is 1. The van der Waals surface area contributed by atoms with Crippen LogP contribution in [0.2, 0.25) is 0 Å². The van der Waals surface area contributed by atoms with E-state index in [-0.39, 0.29) is 53.5 Å². The van der Waals surface area contributed by atoms with Crippen molar-refractivity contribution in [3.63, 3.8) is 0 Å². The largest absolute Gasteiger partial charge is 0.378 e. The van der Waals surface area contributed by atoms with E-state index in [0.29, 0.717) is 91.1 Å². The molecule has 15 fully saturated rings. The lowest BCUT2D eigenvalue weighted by molar-refractivity contribution is -0.139. The summed E-state index contributed by atoms with van der Waals surface area (Å²) >= 11 is 0. The van der Waals surface area contributed by atoms with E-state index in [1.54, 1.807) is 23.1 Å². The maximum absolute atomic E-state index is 13.5. The molecule has 14 atom stereocenters. The summed E-state index contributed by atoms with van der Waals surface area (Å²) in [4.78, 5) is 105. The SMILES string of the molecule is C=C1CC(C(=O)N[C@H]2CCCC[C@@H]2N2CCCC2)CN1C.CN(C(=O)C1CCCN1Cc1ccccc1)[C@H]1CCCC[C@@H]1N1CCCC1.CN1CC(C(=O)N(C)[C@H]2CCCC[C@@H]2N2CCCC2)CC1=O.O=C(CCN1CCC2(CCc3ccccc32)CC1)N[C@H]1CCCC[C@@H]1N1CCCC1.O=C(N[C@H]1CCCC[C@@H]1N1CCCC1)C1CCCN1Cc1ccccc1. The van der Waals surface area contributed by atoms with E-state index in [1.807, 2.05) is 19.0 Å². The second-order valence-corrected chi connectivity index (χ2v) is 41.7. The average Bonchev–Trinajstić information content (AvgIpc) is 1.61. The van der Waals surface area contributed by atoms with Crippen molar-refractivity contribution in [1.29, 1.82) is 0 Å². The van der Waals surface area contributed by atoms with Gasteiger partial charge in [0.1, 0.15) is 0 Å². The second kappa shape index (κ2) is 46.7. The van der Waals surface area contributed by atoms with Crippen LogP contribution in [-0.4, -0.2) is 306 Å². The third-order valence-corrected chi connectivity index (χ3v) is 33.6. The van der Waals surface area contributed by atoms with E-state index in [1.165, 1.54) is 276 Å². The van der Waals surface area contributed by atoms with Gasteiger partial charge >= 0.3 is 0 Å². The number of hydrogen-bond acceptors (Lipinski definition) is 15. The van der Waals surface area contributed by atoms with Crippen LogP contribution in [-0.2, 0) is 53.7 Å². The molecular weight excluding hydrogens is 1570 g/mol. The van der Waals surface area contributed by atoms with Crippen LogP contribution in [0.1, 0.15) is 279 Å². The molecule has 126 heavy (non-hydrogen) atoms. The van der Waals surface area contributed by atoms with Gasteiger partial charge in [-0.1, -0.05) is 156 Å². The molecule has 1 spiro atoms. The van der Waals surface area contributed by atoms with Crippen LogP contribution >= 0.6 is 0 Å². The number of allylic oxidation sites excluding steroid dienone is 1. The summed E-state index contributed by atoms with van der Waals surface area (Å²) in [5.74, 6) is 1.40. The van der Waals surface area contributed by atoms with E-state index in [0.717, 1.165) is 109 Å². The van der Waals surface area contributed by atoms with Gasteiger partial charge < -0.3 is 40.4 Å². The number of carbonyl (C=O) groups is 6. The molecule has 0 radical (unpaired) electrons. The molecule has 19 rings (SSSR count). The molecule has 10 saturated heterocycles. The molecule has 16 aliphatic rings. The zero-order chi connectivity index (χ0) is 87.3. The maximum atomic E-state index is 13.5. The Morgan fingerprint density at radius 2 is 0.802 bits per heavy atom. The van der Waals surface area contributed by atoms with Gasteiger partial charge in [0.15, 0.2) is 0 Å². The maximum Gasteiger partial charge on any atom is 0.239 e. The summed E-state index contributed by atoms with van der Waals surface area (Å²) in [6, 6.07) is 35.0. The highest BCUT2D eigenvalue weighted by Gasteiger charge is 2.46. The Morgan fingerprint density at radius 1 is 0.397 bits per heavy atom. The first-order valence-corrected chi connectivity index (χ1v) is 51.6. The zero-order valence-electron chi connectivity index (χ0n) is 78.6. The van der Waals surface area contributed by atoms with Crippen molar-refractivity contribution in [2.24, 2.45) is 11.8 Å². The number of benzene rings is 3. The molecule has 5 saturated carbocycles. The number of amides is 6. The van der Waals surface area contributed by atoms with Crippen LogP contribution in [0, 0.1) is 11.8 Å². The van der Waals surface area contributed by atoms with Crippen LogP contribution in [0.4, 0.5) is 0 Å². The van der Waals surface area contributed by atoms with Crippen LogP contribution in [0.15, 0.2) is 97.2 Å². The lowest BCUT2D eigenvalue weighted by atomic mass is 9.74. The van der Waals surface area contributed by atoms with Gasteiger partial charge in [-0.25, -0.2) is 0 Å². The van der Waals surface area contributed by atoms with E-state index in [2.05, 4.69) is 164 Å². The predicted octanol–water partition coefficient (Wildman–Crippen LogP) is 13.9. The van der Waals surface area contributed by atoms with Crippen molar-refractivity contribution < 1.29 is 28.8 Å². The van der Waals surface area contributed by atoms with Crippen molar-refractivity contribution >= 4 is 35.4 Å². The molecule has 21 nitrogen and oxygen atoms in total. The standard InChI is InChI=1S/C26H39N3O.C23H35N3O.C22H33N3O.C17H29N3O2.C17H29N3O/c30-25(27-23-9-3-4-10-24(23)29-16-5-6-17-29)12-18-28-19-14-26(15-20-28)13-11-21-7-1-2-8-22(21)26;1-24(20-12-5-6-13-21(20)25-15-7-8-16-25)23(27)22-14-9-17-26(22)18-19-10-3-2-4-11-19;26-22(21-13-8-16-25(21)17-18-9-2-1-3-10-18)23-19-11-4-5-12-20(19)24-14-6-7-15-24;1-18-12-13(11-16(18)21)17(22)19(2)14-7-3-4-8-15(14)20-9-5-6-10-20;1-13-11-14(12-19(13)2)17(21)18-15-7-3-4-8-16(15)20-9-5-6-10-20/h1-2,7-8,23-24H,3-6,9-20H2,(H,27,30);2-4,10-11,20-22H,5-9,12-18H2,1H3;1-3,9-10,19-21H,4-8,11-17H2,(H,23,26);13-15H,3-12H2,1-2H3;14-16H,1,3-12H2,2H3,(H,18,21)/t23-,24-;20-,21-,22?;19-,20-,21?;13?,14-,15-;14?,15-,16-/m00000/s1. The minimum Gasteiger partial charge on any atom is -0.378 e. The number of fused-ring (bicyclic) bond motifs is 2. The average molecular weight is 1730 g/mol. The first-order chi connectivity index (χ1) is 61.5. The molecular formula is C105H165N15O6. The van der Waals surface area contributed by atoms with Gasteiger partial charge in [0.05, 0.1) is 23.9 Å². The Bertz CT molecular complexity index is 3910. The van der Waals surface area contributed by atoms with E-state index in [9.17, 15) is 28.8 Å². The summed E-state index contributed by atoms with van der Waals surface area (Å²) in [5, 5.41) is 10.3. The molecule has 3 N–H and O–H groups in total. The van der Waals surface area contributed by atoms with Gasteiger partial charge in [-0.15, -0.1) is 0 Å². The Morgan fingerprint density at radius 3 is 1.27 bits per heavy atom. The Balaban J connectivity index is 0.000000122. The third-order valence-electron chi connectivity index (χ3n) is 33.6. The van der Waals surface area contributed by atoms with Gasteiger partial charge in [-0.05, 0) is 305 Å². The summed E-state index contributed by atoms with van der Waals surface area (Å²) in [6.07, 6.45) is 49.3. The fraction of sp³-hybridized carbons (Fsp3) is 0.752. The first kappa shape index (κ1) is 94.3. The lowest BCUT2D eigenvalue weighted by Gasteiger charge is -2.43. The van der Waals surface area contributed by atoms with Crippen molar-refractivity contribution in [3.05, 3.63) is 119 Å². The smallest absolute Gasteiger partial charge is 0.239 e. The fourth-order valence-corrected chi connectivity index (χ4v) is 26.3. The molecule has 21 heteroatoms. The number of nitrogens with one attached hydrogen (secondary N) is 3. The number of likely N-dealkylation sites (tertiary alicyclic amines) is 10. The second-order valence-electron chi connectivity index (χ2n) is 41.7. The van der Waals surface area contributed by atoms with E-state index >= 15 is 0 Å². The van der Waals surface area contributed by atoms with Gasteiger partial charge in [-0.2, -0.15) is 0 Å².